The van der Waals surface area contributed by atoms with Crippen LogP contribution in [0, 0.1) is 5.92 Å². The number of rotatable bonds is 6. The number of nitrogens with zero attached hydrogens (tertiary/aromatic N) is 3. The Bertz CT molecular complexity index is 976. The van der Waals surface area contributed by atoms with Crippen LogP contribution in [0.3, 0.4) is 0 Å². The van der Waals surface area contributed by atoms with Crippen molar-refractivity contribution in [3.05, 3.63) is 59.8 Å². The highest BCUT2D eigenvalue weighted by Crippen LogP contribution is 2.28. The SMILES string of the molecule is CN(C)C(=O)Oc1ccc2c(CCC3CCN(Cc4ccccc4)CC3)noc2c1. The zero-order valence-electron chi connectivity index (χ0n) is 17.7. The van der Waals surface area contributed by atoms with Gasteiger partial charge in [-0.15, -0.1) is 0 Å². The van der Waals surface area contributed by atoms with Crippen LogP contribution in [0.15, 0.2) is 53.1 Å². The number of benzene rings is 2. The van der Waals surface area contributed by atoms with Gasteiger partial charge in [-0.25, -0.2) is 4.79 Å². The molecule has 1 amide bonds. The van der Waals surface area contributed by atoms with Crippen LogP contribution in [0.25, 0.3) is 11.0 Å². The second-order valence-corrected chi connectivity index (χ2v) is 8.29. The molecule has 3 aromatic rings. The van der Waals surface area contributed by atoms with Gasteiger partial charge in [0, 0.05) is 32.1 Å². The monoisotopic (exact) mass is 407 g/mol. The summed E-state index contributed by atoms with van der Waals surface area (Å²) in [7, 11) is 3.30. The van der Waals surface area contributed by atoms with E-state index in [0.29, 0.717) is 11.3 Å². The van der Waals surface area contributed by atoms with Crippen molar-refractivity contribution >= 4 is 17.1 Å². The molecule has 0 atom stereocenters. The van der Waals surface area contributed by atoms with Crippen LogP contribution >= 0.6 is 0 Å². The number of amides is 1. The van der Waals surface area contributed by atoms with E-state index >= 15 is 0 Å². The molecule has 6 nitrogen and oxygen atoms in total. The molecule has 0 unspecified atom stereocenters. The van der Waals surface area contributed by atoms with Crippen LogP contribution in [0.2, 0.25) is 0 Å². The molecule has 0 bridgehead atoms. The van der Waals surface area contributed by atoms with Crippen LogP contribution in [0.1, 0.15) is 30.5 Å². The Morgan fingerprint density at radius 3 is 2.67 bits per heavy atom. The van der Waals surface area contributed by atoms with Gasteiger partial charge in [-0.05, 0) is 62.4 Å². The van der Waals surface area contributed by atoms with Crippen molar-refractivity contribution in [1.82, 2.24) is 15.0 Å². The van der Waals surface area contributed by atoms with Gasteiger partial charge in [0.05, 0.1) is 5.69 Å². The summed E-state index contributed by atoms with van der Waals surface area (Å²) in [6.07, 6.45) is 4.08. The first-order valence-corrected chi connectivity index (χ1v) is 10.6. The minimum Gasteiger partial charge on any atom is -0.410 e. The van der Waals surface area contributed by atoms with E-state index in [2.05, 4.69) is 40.4 Å². The first-order chi connectivity index (χ1) is 14.6. The maximum atomic E-state index is 11.7. The van der Waals surface area contributed by atoms with Crippen LogP contribution in [-0.2, 0) is 13.0 Å². The van der Waals surface area contributed by atoms with E-state index in [1.54, 1.807) is 26.2 Å². The number of piperidine rings is 1. The molecular formula is C24H29N3O3. The molecule has 1 aliphatic rings. The molecule has 0 N–H and O–H groups in total. The minimum absolute atomic E-state index is 0.410. The Hall–Kier alpha value is -2.86. The average Bonchev–Trinajstić information content (AvgIpc) is 3.16. The van der Waals surface area contributed by atoms with E-state index in [9.17, 15) is 4.79 Å². The molecular weight excluding hydrogens is 378 g/mol. The lowest BCUT2D eigenvalue weighted by Gasteiger charge is -2.31. The number of hydrogen-bond donors (Lipinski definition) is 0. The zero-order chi connectivity index (χ0) is 20.9. The fourth-order valence-corrected chi connectivity index (χ4v) is 4.02. The lowest BCUT2D eigenvalue weighted by atomic mass is 9.91. The van der Waals surface area contributed by atoms with Gasteiger partial charge in [0.25, 0.3) is 0 Å². The standard InChI is InChI=1S/C24H29N3O3/c1-26(2)24(28)29-20-9-10-21-22(25-30-23(21)16-20)11-8-18-12-14-27(15-13-18)17-19-6-4-3-5-7-19/h3-7,9-10,16,18H,8,11-15,17H2,1-2H3. The van der Waals surface area contributed by atoms with Crippen molar-refractivity contribution in [3.8, 4) is 5.75 Å². The number of carbonyl (C=O) groups excluding carboxylic acids is 1. The summed E-state index contributed by atoms with van der Waals surface area (Å²) < 4.78 is 10.8. The Morgan fingerprint density at radius 1 is 1.17 bits per heavy atom. The van der Waals surface area contributed by atoms with Crippen LogP contribution in [-0.4, -0.2) is 48.2 Å². The lowest BCUT2D eigenvalue weighted by Crippen LogP contribution is -2.33. The van der Waals surface area contributed by atoms with Crippen molar-refractivity contribution in [2.75, 3.05) is 27.2 Å². The normalized spacial score (nSPS) is 15.4. The van der Waals surface area contributed by atoms with Gasteiger partial charge < -0.3 is 14.2 Å². The molecule has 2 aromatic carbocycles. The topological polar surface area (TPSA) is 58.8 Å². The van der Waals surface area contributed by atoms with Crippen LogP contribution < -0.4 is 4.74 Å². The van der Waals surface area contributed by atoms with Crippen molar-refractivity contribution in [3.63, 3.8) is 0 Å². The van der Waals surface area contributed by atoms with Crippen LogP contribution in [0.5, 0.6) is 5.75 Å². The maximum Gasteiger partial charge on any atom is 0.414 e. The summed E-state index contributed by atoms with van der Waals surface area (Å²) in [6, 6.07) is 16.2. The third-order valence-electron chi connectivity index (χ3n) is 5.83. The van der Waals surface area contributed by atoms with E-state index < -0.39 is 6.09 Å². The number of carbonyl (C=O) groups is 1. The predicted molar refractivity (Wildman–Crippen MR) is 116 cm³/mol. The smallest absolute Gasteiger partial charge is 0.410 e. The van der Waals surface area contributed by atoms with E-state index in [-0.39, 0.29) is 0 Å². The summed E-state index contributed by atoms with van der Waals surface area (Å²) in [5.74, 6) is 1.19. The molecule has 1 aliphatic heterocycles. The van der Waals surface area contributed by atoms with Crippen molar-refractivity contribution in [2.45, 2.75) is 32.2 Å². The Kier molecular flexibility index (Phi) is 6.33. The summed E-state index contributed by atoms with van der Waals surface area (Å²) in [6.45, 7) is 3.35. The molecule has 4 rings (SSSR count). The maximum absolute atomic E-state index is 11.7. The quantitative estimate of drug-likeness (QED) is 0.591. The van der Waals surface area contributed by atoms with Gasteiger partial charge in [-0.3, -0.25) is 4.90 Å². The van der Waals surface area contributed by atoms with Crippen LogP contribution in [0.4, 0.5) is 4.79 Å². The average molecular weight is 408 g/mol. The predicted octanol–water partition coefficient (Wildman–Crippen LogP) is 4.73. The lowest BCUT2D eigenvalue weighted by molar-refractivity contribution is 0.172. The Balaban J connectivity index is 1.28. The highest BCUT2D eigenvalue weighted by molar-refractivity contribution is 5.82. The summed E-state index contributed by atoms with van der Waals surface area (Å²) in [5.41, 5.74) is 3.04. The molecule has 30 heavy (non-hydrogen) atoms. The minimum atomic E-state index is -0.410. The summed E-state index contributed by atoms with van der Waals surface area (Å²) >= 11 is 0. The summed E-state index contributed by atoms with van der Waals surface area (Å²) in [4.78, 5) is 15.7. The fourth-order valence-electron chi connectivity index (χ4n) is 4.02. The molecule has 6 heteroatoms. The zero-order valence-corrected chi connectivity index (χ0v) is 17.7. The molecule has 1 aromatic heterocycles. The van der Waals surface area contributed by atoms with E-state index in [0.717, 1.165) is 49.5 Å². The third kappa shape index (κ3) is 5.00. The number of hydrogen-bond acceptors (Lipinski definition) is 5. The van der Waals surface area contributed by atoms with Crippen molar-refractivity contribution < 1.29 is 14.1 Å². The summed E-state index contributed by atoms with van der Waals surface area (Å²) in [5, 5.41) is 5.27. The number of likely N-dealkylation sites (tertiary alicyclic amines) is 1. The first kappa shape index (κ1) is 20.4. The van der Waals surface area contributed by atoms with E-state index in [4.69, 9.17) is 9.26 Å². The highest BCUT2D eigenvalue weighted by atomic mass is 16.6. The van der Waals surface area contributed by atoms with E-state index in [1.807, 2.05) is 6.07 Å². The number of ether oxygens (including phenoxy) is 1. The van der Waals surface area contributed by atoms with Gasteiger partial charge in [-0.1, -0.05) is 35.5 Å². The first-order valence-electron chi connectivity index (χ1n) is 10.6. The molecule has 0 aliphatic carbocycles. The number of fused-ring (bicyclic) bond motifs is 1. The van der Waals surface area contributed by atoms with Gasteiger partial charge >= 0.3 is 6.09 Å². The van der Waals surface area contributed by atoms with Crippen molar-refractivity contribution in [1.29, 1.82) is 0 Å². The Labute approximate surface area is 177 Å². The second kappa shape index (κ2) is 9.30. The number of aromatic nitrogens is 1. The molecule has 1 saturated heterocycles. The highest BCUT2D eigenvalue weighted by Gasteiger charge is 2.20. The molecule has 0 saturated carbocycles. The third-order valence-corrected chi connectivity index (χ3v) is 5.83. The molecule has 158 valence electrons. The molecule has 0 spiro atoms. The largest absolute Gasteiger partial charge is 0.414 e. The Morgan fingerprint density at radius 2 is 1.93 bits per heavy atom. The second-order valence-electron chi connectivity index (χ2n) is 8.29. The van der Waals surface area contributed by atoms with E-state index in [1.165, 1.54) is 23.3 Å². The molecule has 2 heterocycles. The van der Waals surface area contributed by atoms with Gasteiger partial charge in [0.1, 0.15) is 5.75 Å². The van der Waals surface area contributed by atoms with Gasteiger partial charge in [-0.2, -0.15) is 0 Å². The van der Waals surface area contributed by atoms with Gasteiger partial charge in [0.2, 0.25) is 0 Å². The molecule has 0 radical (unpaired) electrons. The van der Waals surface area contributed by atoms with Gasteiger partial charge in [0.15, 0.2) is 5.58 Å². The fraction of sp³-hybridized carbons (Fsp3) is 0.417. The number of aryl methyl sites for hydroxylation is 1. The van der Waals surface area contributed by atoms with Crippen molar-refractivity contribution in [2.24, 2.45) is 5.92 Å². The molecule has 1 fully saturated rings.